The Kier molecular flexibility index (Phi) is 15.0. The third kappa shape index (κ3) is 11.1. The zero-order valence-corrected chi connectivity index (χ0v) is 32.2. The lowest BCUT2D eigenvalue weighted by Gasteiger charge is -2.34. The number of halogens is 5. The Morgan fingerprint density at radius 1 is 1.02 bits per heavy atom. The van der Waals surface area contributed by atoms with Crippen LogP contribution in [0.1, 0.15) is 103 Å². The Morgan fingerprint density at radius 3 is 2.16 bits per heavy atom. The molecule has 1 aliphatic heterocycles. The maximum Gasteiger partial charge on any atom is 0.270 e. The summed E-state index contributed by atoms with van der Waals surface area (Å²) in [4.78, 5) is 55.5. The SMILES string of the molecule is CCC.CN1CCC2(CC1)CC2(F)F.N/C=C\C(=NCC1CCC1)C(=O)NC(C(=O)Nc1ccc(C2(C(C=O)NC=O)CC2)cc1F)C1CCCC(F)(F)C1. The molecule has 5 aliphatic rings. The molecule has 1 heterocycles. The topological polar surface area (TPSA) is 146 Å². The Balaban J connectivity index is 0.000000401. The second-order valence-corrected chi connectivity index (χ2v) is 16.0. The summed E-state index contributed by atoms with van der Waals surface area (Å²) in [7, 11) is 1.99. The second kappa shape index (κ2) is 18.8. The Labute approximate surface area is 320 Å². The van der Waals surface area contributed by atoms with Crippen molar-refractivity contribution in [2.24, 2.45) is 28.0 Å². The van der Waals surface area contributed by atoms with Gasteiger partial charge in [-0.05, 0) is 113 Å². The summed E-state index contributed by atoms with van der Waals surface area (Å²) in [6, 6.07) is 1.86. The molecule has 3 unspecified atom stereocenters. The number of hydrogen-bond acceptors (Lipinski definition) is 7. The van der Waals surface area contributed by atoms with Crippen LogP contribution < -0.4 is 21.7 Å². The van der Waals surface area contributed by atoms with Crippen LogP contribution in [0.3, 0.4) is 0 Å². The van der Waals surface area contributed by atoms with E-state index in [4.69, 9.17) is 5.73 Å². The highest BCUT2D eigenvalue weighted by atomic mass is 19.3. The van der Waals surface area contributed by atoms with Crippen LogP contribution >= 0.6 is 0 Å². The first kappa shape index (κ1) is 43.8. The van der Waals surface area contributed by atoms with E-state index in [9.17, 15) is 36.7 Å². The molecule has 55 heavy (non-hydrogen) atoms. The Bertz CT molecular complexity index is 1560. The quantitative estimate of drug-likeness (QED) is 0.105. The minimum absolute atomic E-state index is 0.0151. The lowest BCUT2D eigenvalue weighted by Crippen LogP contribution is -2.52. The maximum absolute atomic E-state index is 15.2. The smallest absolute Gasteiger partial charge is 0.270 e. The van der Waals surface area contributed by atoms with Crippen LogP contribution in [0.15, 0.2) is 35.5 Å². The largest absolute Gasteiger partial charge is 0.405 e. The van der Waals surface area contributed by atoms with Crippen molar-refractivity contribution in [3.63, 3.8) is 0 Å². The highest BCUT2D eigenvalue weighted by Crippen LogP contribution is 2.65. The van der Waals surface area contributed by atoms with E-state index < -0.39 is 64.7 Å². The predicted molar refractivity (Wildman–Crippen MR) is 201 cm³/mol. The van der Waals surface area contributed by atoms with Crippen LogP contribution in [-0.4, -0.2) is 85.7 Å². The number of benzene rings is 1. The van der Waals surface area contributed by atoms with Crippen LogP contribution in [0.4, 0.5) is 27.6 Å². The number of anilines is 1. The molecule has 3 amide bonds. The van der Waals surface area contributed by atoms with Crippen LogP contribution in [0.2, 0.25) is 0 Å². The summed E-state index contributed by atoms with van der Waals surface area (Å²) >= 11 is 0. The zero-order chi connectivity index (χ0) is 40.4. The second-order valence-electron chi connectivity index (χ2n) is 16.0. The van der Waals surface area contributed by atoms with Crippen LogP contribution in [0.25, 0.3) is 0 Å². The number of rotatable bonds is 13. The molecule has 306 valence electrons. The number of nitrogens with two attached hydrogens (primary N) is 1. The number of alkyl halides is 4. The fourth-order valence-electron chi connectivity index (χ4n) is 7.72. The molecule has 1 spiro atoms. The fraction of sp³-hybridized carbons (Fsp3) is 0.675. The van der Waals surface area contributed by atoms with Gasteiger partial charge in [-0.15, -0.1) is 0 Å². The van der Waals surface area contributed by atoms with Crippen molar-refractivity contribution < 1.29 is 41.1 Å². The maximum atomic E-state index is 15.2. The Hall–Kier alpha value is -3.88. The number of aldehydes is 1. The lowest BCUT2D eigenvalue weighted by atomic mass is 9.81. The van der Waals surface area contributed by atoms with Crippen molar-refractivity contribution in [1.82, 2.24) is 15.5 Å². The van der Waals surface area contributed by atoms with Gasteiger partial charge >= 0.3 is 0 Å². The molecule has 10 nitrogen and oxygen atoms in total. The number of carbonyl (C=O) groups excluding carboxylic acids is 4. The molecule has 3 atom stereocenters. The van der Waals surface area contributed by atoms with Gasteiger partial charge in [0.1, 0.15) is 23.9 Å². The molecule has 4 aliphatic carbocycles. The molecule has 5 N–H and O–H groups in total. The molecule has 1 aromatic carbocycles. The van der Waals surface area contributed by atoms with Crippen molar-refractivity contribution in [2.75, 3.05) is 32.0 Å². The first-order valence-electron chi connectivity index (χ1n) is 19.5. The summed E-state index contributed by atoms with van der Waals surface area (Å²) in [5.41, 5.74) is 4.46. The third-order valence-electron chi connectivity index (χ3n) is 11.7. The molecule has 1 saturated heterocycles. The van der Waals surface area contributed by atoms with E-state index in [-0.39, 0.29) is 37.1 Å². The monoisotopic (exact) mass is 780 g/mol. The molecule has 4 saturated carbocycles. The standard InChI is InChI=1S/C29H36F3N5O4.C8H13F2N.C3H8/c30-21-13-20(28(10-11-28)24(16-38)35-17-39)6-7-22(21)36-27(41)25(19-5-2-9-29(31,32)14-19)37-26(40)23(8-12-33)34-15-18-3-1-4-18;1-11-4-2-7(3-5-11)6-8(7,9)10;1-3-2/h6-8,12-13,16-19,24-25H,1-5,9-11,14-15,33H2,(H,35,39)(H,36,41)(H,37,40);2-6H2,1H3;3H2,1-2H3/b12-8-,34-23?;;. The molecular formula is C40H57F5N6O4. The van der Waals surface area contributed by atoms with E-state index in [2.05, 4.69) is 39.7 Å². The molecule has 1 aromatic rings. The average Bonchev–Trinajstić information content (AvgIpc) is 4.02. The van der Waals surface area contributed by atoms with Gasteiger partial charge < -0.3 is 31.4 Å². The summed E-state index contributed by atoms with van der Waals surface area (Å²) in [5, 5.41) is 7.47. The van der Waals surface area contributed by atoms with E-state index in [0.717, 1.165) is 38.6 Å². The minimum Gasteiger partial charge on any atom is -0.405 e. The van der Waals surface area contributed by atoms with E-state index in [1.807, 2.05) is 7.05 Å². The number of hydrogen-bond donors (Lipinski definition) is 4. The first-order chi connectivity index (χ1) is 26.1. The van der Waals surface area contributed by atoms with E-state index in [1.165, 1.54) is 24.6 Å². The summed E-state index contributed by atoms with van der Waals surface area (Å²) in [5.74, 6) is -8.22. The number of amides is 3. The number of nitrogens with zero attached hydrogens (tertiary/aromatic N) is 2. The van der Waals surface area contributed by atoms with Crippen molar-refractivity contribution >= 4 is 35.9 Å². The van der Waals surface area contributed by atoms with Gasteiger partial charge in [0.05, 0.1) is 11.7 Å². The third-order valence-corrected chi connectivity index (χ3v) is 11.7. The van der Waals surface area contributed by atoms with Gasteiger partial charge in [-0.25, -0.2) is 22.0 Å². The molecule has 0 aromatic heterocycles. The van der Waals surface area contributed by atoms with E-state index >= 15 is 4.39 Å². The highest BCUT2D eigenvalue weighted by Gasteiger charge is 2.70. The fourth-order valence-corrected chi connectivity index (χ4v) is 7.72. The highest BCUT2D eigenvalue weighted by molar-refractivity contribution is 6.43. The van der Waals surface area contributed by atoms with Gasteiger partial charge in [0, 0.05) is 36.6 Å². The summed E-state index contributed by atoms with van der Waals surface area (Å²) in [6.45, 7) is 6.35. The van der Waals surface area contributed by atoms with Gasteiger partial charge in [0.2, 0.25) is 18.2 Å². The molecule has 6 rings (SSSR count). The van der Waals surface area contributed by atoms with Crippen LogP contribution in [0.5, 0.6) is 0 Å². The molecular weight excluding hydrogens is 723 g/mol. The van der Waals surface area contributed by atoms with Crippen LogP contribution in [-0.2, 0) is 24.6 Å². The van der Waals surface area contributed by atoms with Crippen molar-refractivity contribution in [2.45, 2.75) is 127 Å². The van der Waals surface area contributed by atoms with E-state index in [0.29, 0.717) is 56.4 Å². The van der Waals surface area contributed by atoms with Crippen molar-refractivity contribution in [3.05, 3.63) is 41.9 Å². The molecule has 5 fully saturated rings. The summed E-state index contributed by atoms with van der Waals surface area (Å²) in [6.07, 6.45) is 10.00. The molecule has 0 radical (unpaired) electrons. The lowest BCUT2D eigenvalue weighted by molar-refractivity contribution is -0.127. The normalized spacial score (nSPS) is 24.4. The van der Waals surface area contributed by atoms with Crippen molar-refractivity contribution in [3.8, 4) is 0 Å². The van der Waals surface area contributed by atoms with Gasteiger partial charge in [-0.2, -0.15) is 0 Å². The number of likely N-dealkylation sites (tertiary alicyclic amines) is 1. The van der Waals surface area contributed by atoms with Crippen LogP contribution in [0, 0.1) is 23.1 Å². The minimum atomic E-state index is -3.00. The molecule has 15 heteroatoms. The van der Waals surface area contributed by atoms with Gasteiger partial charge in [-0.1, -0.05) is 32.8 Å². The summed E-state index contributed by atoms with van der Waals surface area (Å²) < 4.78 is 69.5. The van der Waals surface area contributed by atoms with Gasteiger partial charge in [0.25, 0.3) is 11.8 Å². The number of carbonyl (C=O) groups is 4. The number of nitrogens with one attached hydrogen (secondary N) is 3. The predicted octanol–water partition coefficient (Wildman–Crippen LogP) is 6.29. The average molecular weight is 781 g/mol. The number of aliphatic imine (C=N–C) groups is 1. The molecule has 0 bridgehead atoms. The Morgan fingerprint density at radius 2 is 1.67 bits per heavy atom. The first-order valence-corrected chi connectivity index (χ1v) is 19.5. The van der Waals surface area contributed by atoms with E-state index in [1.54, 1.807) is 6.07 Å². The number of piperidine rings is 1. The van der Waals surface area contributed by atoms with Gasteiger partial charge in [-0.3, -0.25) is 19.4 Å². The zero-order valence-electron chi connectivity index (χ0n) is 32.2. The van der Waals surface area contributed by atoms with Crippen molar-refractivity contribution in [1.29, 1.82) is 0 Å². The van der Waals surface area contributed by atoms with Gasteiger partial charge in [0.15, 0.2) is 0 Å².